The molecule has 130 valence electrons. The lowest BCUT2D eigenvalue weighted by Crippen LogP contribution is -2.64. The van der Waals surface area contributed by atoms with Gasteiger partial charge in [-0.25, -0.2) is 4.99 Å². The van der Waals surface area contributed by atoms with Crippen molar-refractivity contribution in [1.29, 1.82) is 0 Å². The molecule has 1 atom stereocenters. The lowest BCUT2D eigenvalue weighted by Gasteiger charge is -2.41. The molecule has 0 aromatic rings. The van der Waals surface area contributed by atoms with Gasteiger partial charge in [0.1, 0.15) is 5.84 Å². The molecule has 0 fully saturated rings. The van der Waals surface area contributed by atoms with Crippen molar-refractivity contribution >= 4 is 5.84 Å². The summed E-state index contributed by atoms with van der Waals surface area (Å²) in [7, 11) is 0. The molecule has 0 saturated carbocycles. The average Bonchev–Trinajstić information content (AvgIpc) is 2.63. The molecular weight excluding hydrogens is 322 g/mol. The lowest BCUT2D eigenvalue weighted by molar-refractivity contribution is -0.299. The second-order valence-electron chi connectivity index (χ2n) is 7.02. The van der Waals surface area contributed by atoms with Crippen molar-refractivity contribution in [3.05, 3.63) is 23.4 Å². The highest BCUT2D eigenvalue weighted by Crippen LogP contribution is 2.56. The van der Waals surface area contributed by atoms with E-state index in [2.05, 4.69) is 4.99 Å². The fourth-order valence-corrected chi connectivity index (χ4v) is 3.14. The van der Waals surface area contributed by atoms with E-state index in [1.54, 1.807) is 27.7 Å². The van der Waals surface area contributed by atoms with E-state index in [4.69, 9.17) is 0 Å². The van der Waals surface area contributed by atoms with Crippen LogP contribution in [-0.2, 0) is 0 Å². The second kappa shape index (κ2) is 4.77. The Hall–Kier alpha value is -1.47. The molecule has 0 aromatic heterocycles. The molecule has 2 rings (SSSR count). The van der Waals surface area contributed by atoms with E-state index in [1.807, 2.05) is 0 Å². The number of halogens is 6. The molecule has 0 aliphatic carbocycles. The molecule has 2 nitrogen and oxygen atoms in total. The number of aliphatic imine (C=N–C) groups is 1. The first-order chi connectivity index (χ1) is 10.1. The number of fused-ring (bicyclic) bond motifs is 1. The van der Waals surface area contributed by atoms with Crippen LogP contribution in [0, 0.1) is 5.41 Å². The third-order valence-corrected chi connectivity index (χ3v) is 3.97. The Morgan fingerprint density at radius 3 is 1.87 bits per heavy atom. The van der Waals surface area contributed by atoms with Gasteiger partial charge >= 0.3 is 12.4 Å². The van der Waals surface area contributed by atoms with Crippen molar-refractivity contribution < 1.29 is 26.3 Å². The van der Waals surface area contributed by atoms with Crippen molar-refractivity contribution in [1.82, 2.24) is 4.90 Å². The SMILES string of the molecule is CC1=CN2C(C(C)(C)C)=NC(C(F)(F)F)(C(F)(F)F)C2C(C)=C1. The van der Waals surface area contributed by atoms with Crippen molar-refractivity contribution in [2.45, 2.75) is 58.6 Å². The zero-order valence-corrected chi connectivity index (χ0v) is 13.4. The molecule has 0 radical (unpaired) electrons. The predicted molar refractivity (Wildman–Crippen MR) is 74.9 cm³/mol. The van der Waals surface area contributed by atoms with Crippen LogP contribution in [0.2, 0.25) is 0 Å². The Kier molecular flexibility index (Phi) is 3.71. The van der Waals surface area contributed by atoms with Gasteiger partial charge < -0.3 is 4.90 Å². The third kappa shape index (κ3) is 2.46. The highest BCUT2D eigenvalue weighted by Gasteiger charge is 2.79. The monoisotopic (exact) mass is 340 g/mol. The molecule has 2 aliphatic rings. The summed E-state index contributed by atoms with van der Waals surface area (Å²) in [5, 5.41) is 0. The molecule has 0 aromatic carbocycles. The molecule has 0 spiro atoms. The van der Waals surface area contributed by atoms with Crippen LogP contribution in [0.4, 0.5) is 26.3 Å². The molecule has 8 heteroatoms. The van der Waals surface area contributed by atoms with Gasteiger partial charge in [-0.15, -0.1) is 0 Å². The fraction of sp³-hybridized carbons (Fsp3) is 0.667. The van der Waals surface area contributed by atoms with Gasteiger partial charge in [0, 0.05) is 11.6 Å². The minimum absolute atomic E-state index is 0.0114. The number of rotatable bonds is 0. The summed E-state index contributed by atoms with van der Waals surface area (Å²) >= 11 is 0. The van der Waals surface area contributed by atoms with Crippen LogP contribution in [0.25, 0.3) is 0 Å². The smallest absolute Gasteiger partial charge is 0.326 e. The van der Waals surface area contributed by atoms with Gasteiger partial charge in [0.15, 0.2) is 0 Å². The number of hydrogen-bond donors (Lipinski definition) is 0. The van der Waals surface area contributed by atoms with Crippen molar-refractivity contribution in [3.8, 4) is 0 Å². The maximum atomic E-state index is 13.6. The summed E-state index contributed by atoms with van der Waals surface area (Å²) in [6.07, 6.45) is -8.47. The van der Waals surface area contributed by atoms with Crippen LogP contribution in [0.1, 0.15) is 34.6 Å². The molecule has 1 unspecified atom stereocenters. The van der Waals surface area contributed by atoms with Gasteiger partial charge in [0.25, 0.3) is 5.54 Å². The quantitative estimate of drug-likeness (QED) is 0.576. The van der Waals surface area contributed by atoms with Crippen LogP contribution in [0.3, 0.4) is 0 Å². The number of hydrogen-bond acceptors (Lipinski definition) is 2. The van der Waals surface area contributed by atoms with Gasteiger partial charge in [0.05, 0.1) is 6.04 Å². The van der Waals surface area contributed by atoms with Crippen molar-refractivity contribution in [3.63, 3.8) is 0 Å². The number of amidine groups is 1. The van der Waals surface area contributed by atoms with E-state index in [1.165, 1.54) is 19.2 Å². The van der Waals surface area contributed by atoms with E-state index < -0.39 is 29.3 Å². The van der Waals surface area contributed by atoms with E-state index in [0.717, 1.165) is 4.90 Å². The molecule has 23 heavy (non-hydrogen) atoms. The Morgan fingerprint density at radius 2 is 1.48 bits per heavy atom. The minimum atomic E-state index is -5.56. The Bertz CT molecular complexity index is 587. The highest BCUT2D eigenvalue weighted by molar-refractivity contribution is 5.92. The Morgan fingerprint density at radius 1 is 1.00 bits per heavy atom. The molecule has 0 N–H and O–H groups in total. The fourth-order valence-electron chi connectivity index (χ4n) is 3.14. The number of allylic oxidation sites excluding steroid dienone is 2. The Labute approximate surface area is 130 Å². The standard InChI is InChI=1S/C15H18F6N2/c1-8-6-9(2)10-13(14(16,17)18,15(19,20)21)22-11(12(3,4)5)23(10)7-8/h6-7,10H,1-5H3. The van der Waals surface area contributed by atoms with Gasteiger partial charge in [-0.05, 0) is 25.0 Å². The van der Waals surface area contributed by atoms with E-state index in [0.29, 0.717) is 5.57 Å². The van der Waals surface area contributed by atoms with Crippen molar-refractivity contribution in [2.24, 2.45) is 10.4 Å². The van der Waals surface area contributed by atoms with Crippen LogP contribution < -0.4 is 0 Å². The summed E-state index contributed by atoms with van der Waals surface area (Å²) in [4.78, 5) is 4.30. The summed E-state index contributed by atoms with van der Waals surface area (Å²) in [5.41, 5.74) is -4.55. The Balaban J connectivity index is 2.82. The average molecular weight is 340 g/mol. The topological polar surface area (TPSA) is 15.6 Å². The normalized spacial score (nSPS) is 24.9. The van der Waals surface area contributed by atoms with Crippen molar-refractivity contribution in [2.75, 3.05) is 0 Å². The number of alkyl halides is 6. The van der Waals surface area contributed by atoms with Crippen LogP contribution >= 0.6 is 0 Å². The molecule has 2 heterocycles. The molecular formula is C15H18F6N2. The van der Waals surface area contributed by atoms with E-state index in [-0.39, 0.29) is 11.4 Å². The summed E-state index contributed by atoms with van der Waals surface area (Å²) in [6, 6.07) is -1.94. The molecule has 0 bridgehead atoms. The largest absolute Gasteiger partial charge is 0.425 e. The summed E-state index contributed by atoms with van der Waals surface area (Å²) in [5.74, 6) is -0.219. The second-order valence-corrected chi connectivity index (χ2v) is 7.02. The van der Waals surface area contributed by atoms with Gasteiger partial charge in [-0.3, -0.25) is 0 Å². The number of nitrogens with zero attached hydrogens (tertiary/aromatic N) is 2. The van der Waals surface area contributed by atoms with Gasteiger partial charge in [-0.2, -0.15) is 26.3 Å². The molecule has 0 amide bonds. The third-order valence-electron chi connectivity index (χ3n) is 3.97. The van der Waals surface area contributed by atoms with Crippen LogP contribution in [-0.4, -0.2) is 34.7 Å². The van der Waals surface area contributed by atoms with Gasteiger partial charge in [0.2, 0.25) is 0 Å². The first kappa shape index (κ1) is 17.9. The van der Waals surface area contributed by atoms with Crippen LogP contribution in [0.5, 0.6) is 0 Å². The minimum Gasteiger partial charge on any atom is -0.326 e. The first-order valence-corrected chi connectivity index (χ1v) is 7.01. The van der Waals surface area contributed by atoms with Crippen LogP contribution in [0.15, 0.2) is 28.4 Å². The van der Waals surface area contributed by atoms with Gasteiger partial charge in [-0.1, -0.05) is 26.8 Å². The highest BCUT2D eigenvalue weighted by atomic mass is 19.4. The zero-order valence-electron chi connectivity index (χ0n) is 13.4. The zero-order chi connectivity index (χ0) is 18.0. The molecule has 2 aliphatic heterocycles. The summed E-state index contributed by atoms with van der Waals surface area (Å²) in [6.45, 7) is 7.54. The maximum Gasteiger partial charge on any atom is 0.425 e. The molecule has 0 saturated heterocycles. The van der Waals surface area contributed by atoms with E-state index >= 15 is 0 Å². The maximum absolute atomic E-state index is 13.6. The van der Waals surface area contributed by atoms with E-state index in [9.17, 15) is 26.3 Å². The first-order valence-electron chi connectivity index (χ1n) is 7.01. The summed E-state index contributed by atoms with van der Waals surface area (Å²) < 4.78 is 81.7. The predicted octanol–water partition coefficient (Wildman–Crippen LogP) is 4.84. The lowest BCUT2D eigenvalue weighted by atomic mass is 9.82.